The van der Waals surface area contributed by atoms with Gasteiger partial charge in [-0.05, 0) is 37.1 Å². The van der Waals surface area contributed by atoms with Crippen molar-refractivity contribution in [3.8, 4) is 6.07 Å². The molecule has 4 heteroatoms. The molecule has 2 aliphatic rings. The predicted octanol–water partition coefficient (Wildman–Crippen LogP) is 2.03. The molecule has 0 unspecified atom stereocenters. The molecule has 1 aromatic carbocycles. The van der Waals surface area contributed by atoms with Gasteiger partial charge < -0.3 is 4.90 Å². The van der Waals surface area contributed by atoms with E-state index >= 15 is 0 Å². The van der Waals surface area contributed by atoms with Crippen LogP contribution in [0.15, 0.2) is 36.9 Å². The third kappa shape index (κ3) is 2.45. The van der Waals surface area contributed by atoms with Crippen LogP contribution in [0, 0.1) is 11.3 Å². The van der Waals surface area contributed by atoms with Gasteiger partial charge in [-0.15, -0.1) is 6.58 Å². The van der Waals surface area contributed by atoms with Crippen molar-refractivity contribution in [1.29, 1.82) is 5.26 Å². The summed E-state index contributed by atoms with van der Waals surface area (Å²) in [5, 5.41) is 8.82. The Kier molecular flexibility index (Phi) is 3.76. The number of benzene rings is 1. The highest BCUT2D eigenvalue weighted by Gasteiger charge is 2.43. The third-order valence-corrected chi connectivity index (χ3v) is 4.58. The van der Waals surface area contributed by atoms with Crippen LogP contribution in [0.1, 0.15) is 28.8 Å². The molecule has 3 rings (SSSR count). The van der Waals surface area contributed by atoms with Crippen LogP contribution in [0.25, 0.3) is 0 Å². The number of carbonyl (C=O) groups is 1. The Morgan fingerprint density at radius 3 is 2.67 bits per heavy atom. The van der Waals surface area contributed by atoms with E-state index in [0.29, 0.717) is 23.2 Å². The molecule has 2 atom stereocenters. The van der Waals surface area contributed by atoms with Crippen molar-refractivity contribution in [3.05, 3.63) is 48.0 Å². The van der Waals surface area contributed by atoms with Gasteiger partial charge in [-0.3, -0.25) is 9.69 Å². The second-order valence-electron chi connectivity index (χ2n) is 5.68. The molecule has 0 bridgehead atoms. The molecule has 0 saturated carbocycles. The van der Waals surface area contributed by atoms with Gasteiger partial charge in [0.05, 0.1) is 11.6 Å². The van der Waals surface area contributed by atoms with Crippen LogP contribution in [-0.4, -0.2) is 47.4 Å². The number of likely N-dealkylation sites (tertiary alicyclic amines) is 2. The van der Waals surface area contributed by atoms with Gasteiger partial charge in [0.25, 0.3) is 5.91 Å². The molecule has 21 heavy (non-hydrogen) atoms. The summed E-state index contributed by atoms with van der Waals surface area (Å²) in [6.45, 7) is 6.57. The smallest absolute Gasteiger partial charge is 0.254 e. The first-order chi connectivity index (χ1) is 10.2. The molecule has 2 fully saturated rings. The number of rotatable bonds is 3. The molecule has 2 heterocycles. The second kappa shape index (κ2) is 5.71. The number of hydrogen-bond donors (Lipinski definition) is 0. The maximum absolute atomic E-state index is 12.7. The maximum atomic E-state index is 12.7. The van der Waals surface area contributed by atoms with Crippen molar-refractivity contribution in [2.24, 2.45) is 0 Å². The molecule has 4 nitrogen and oxygen atoms in total. The minimum Gasteiger partial charge on any atom is -0.334 e. The van der Waals surface area contributed by atoms with Crippen LogP contribution in [-0.2, 0) is 0 Å². The normalized spacial score (nSPS) is 24.6. The van der Waals surface area contributed by atoms with E-state index in [0.717, 1.165) is 32.5 Å². The topological polar surface area (TPSA) is 47.3 Å². The fraction of sp³-hybridized carbons (Fsp3) is 0.412. The molecule has 108 valence electrons. The average Bonchev–Trinajstić information content (AvgIpc) is 3.10. The Labute approximate surface area is 125 Å². The van der Waals surface area contributed by atoms with E-state index in [1.807, 2.05) is 11.0 Å². The molecule has 0 aliphatic carbocycles. The standard InChI is InChI=1S/C17H19N3O/c1-2-9-19-10-7-16-15(19)8-11-20(16)17(21)14-5-3-13(12-18)4-6-14/h2-6,15-16H,1,7-11H2/t15-,16-/m0/s1. The van der Waals surface area contributed by atoms with E-state index in [1.54, 1.807) is 24.3 Å². The van der Waals surface area contributed by atoms with E-state index < -0.39 is 0 Å². The number of nitriles is 1. The van der Waals surface area contributed by atoms with E-state index in [2.05, 4.69) is 17.5 Å². The molecule has 0 spiro atoms. The summed E-state index contributed by atoms with van der Waals surface area (Å²) >= 11 is 0. The highest BCUT2D eigenvalue weighted by atomic mass is 16.2. The van der Waals surface area contributed by atoms with Gasteiger partial charge in [-0.25, -0.2) is 0 Å². The Hall–Kier alpha value is -2.12. The molecule has 2 saturated heterocycles. The Bertz CT molecular complexity index is 587. The SMILES string of the molecule is C=CCN1CC[C@H]2[C@@H]1CCN2C(=O)c1ccc(C#N)cc1. The third-order valence-electron chi connectivity index (χ3n) is 4.58. The maximum Gasteiger partial charge on any atom is 0.254 e. The van der Waals surface area contributed by atoms with Gasteiger partial charge in [-0.2, -0.15) is 5.26 Å². The van der Waals surface area contributed by atoms with Crippen molar-refractivity contribution in [2.75, 3.05) is 19.6 Å². The van der Waals surface area contributed by atoms with Crippen molar-refractivity contribution in [3.63, 3.8) is 0 Å². The van der Waals surface area contributed by atoms with Gasteiger partial charge in [0.15, 0.2) is 0 Å². The summed E-state index contributed by atoms with van der Waals surface area (Å²) in [6.07, 6.45) is 4.02. The van der Waals surface area contributed by atoms with E-state index in [-0.39, 0.29) is 5.91 Å². The number of nitrogens with zero attached hydrogens (tertiary/aromatic N) is 3. The van der Waals surface area contributed by atoms with Gasteiger partial charge in [0.1, 0.15) is 0 Å². The molecule has 0 aromatic heterocycles. The van der Waals surface area contributed by atoms with E-state index in [1.165, 1.54) is 0 Å². The molecular weight excluding hydrogens is 262 g/mol. The number of fused-ring (bicyclic) bond motifs is 1. The lowest BCUT2D eigenvalue weighted by atomic mass is 10.1. The quantitative estimate of drug-likeness (QED) is 0.797. The first-order valence-corrected chi connectivity index (χ1v) is 7.40. The van der Waals surface area contributed by atoms with Crippen molar-refractivity contribution in [2.45, 2.75) is 24.9 Å². The molecule has 0 N–H and O–H groups in total. The van der Waals surface area contributed by atoms with Crippen molar-refractivity contribution in [1.82, 2.24) is 9.80 Å². The van der Waals surface area contributed by atoms with Crippen LogP contribution < -0.4 is 0 Å². The highest BCUT2D eigenvalue weighted by Crippen LogP contribution is 2.32. The van der Waals surface area contributed by atoms with Gasteiger partial charge >= 0.3 is 0 Å². The minimum absolute atomic E-state index is 0.0902. The van der Waals surface area contributed by atoms with Gasteiger partial charge in [0, 0.05) is 37.3 Å². The number of hydrogen-bond acceptors (Lipinski definition) is 3. The van der Waals surface area contributed by atoms with Gasteiger partial charge in [0.2, 0.25) is 0 Å². The number of carbonyl (C=O) groups excluding carboxylic acids is 1. The van der Waals surface area contributed by atoms with Crippen LogP contribution in [0.4, 0.5) is 0 Å². The minimum atomic E-state index is 0.0902. The lowest BCUT2D eigenvalue weighted by molar-refractivity contribution is 0.0733. The molecule has 1 aromatic rings. The monoisotopic (exact) mass is 281 g/mol. The summed E-state index contributed by atoms with van der Waals surface area (Å²) in [5.41, 5.74) is 1.26. The van der Waals surface area contributed by atoms with Crippen LogP contribution in [0.2, 0.25) is 0 Å². The first kappa shape index (κ1) is 13.8. The zero-order valence-corrected chi connectivity index (χ0v) is 12.0. The van der Waals surface area contributed by atoms with Crippen LogP contribution in [0.5, 0.6) is 0 Å². The number of amides is 1. The summed E-state index contributed by atoms with van der Waals surface area (Å²) in [5.74, 6) is 0.0902. The summed E-state index contributed by atoms with van der Waals surface area (Å²) in [7, 11) is 0. The van der Waals surface area contributed by atoms with E-state index in [9.17, 15) is 4.79 Å². The Morgan fingerprint density at radius 1 is 1.29 bits per heavy atom. The lowest BCUT2D eigenvalue weighted by Gasteiger charge is -2.25. The fourth-order valence-electron chi connectivity index (χ4n) is 3.57. The molecular formula is C17H19N3O. The first-order valence-electron chi connectivity index (χ1n) is 7.40. The fourth-order valence-corrected chi connectivity index (χ4v) is 3.57. The van der Waals surface area contributed by atoms with Crippen LogP contribution >= 0.6 is 0 Å². The largest absolute Gasteiger partial charge is 0.334 e. The average molecular weight is 281 g/mol. The lowest BCUT2D eigenvalue weighted by Crippen LogP contribution is -2.39. The van der Waals surface area contributed by atoms with Crippen molar-refractivity contribution < 1.29 is 4.79 Å². The molecule has 0 radical (unpaired) electrons. The highest BCUT2D eigenvalue weighted by molar-refractivity contribution is 5.94. The second-order valence-corrected chi connectivity index (χ2v) is 5.68. The van der Waals surface area contributed by atoms with E-state index in [4.69, 9.17) is 5.26 Å². The Balaban J connectivity index is 1.74. The summed E-state index contributed by atoms with van der Waals surface area (Å²) < 4.78 is 0. The zero-order chi connectivity index (χ0) is 14.8. The predicted molar refractivity (Wildman–Crippen MR) is 80.8 cm³/mol. The summed E-state index contributed by atoms with van der Waals surface area (Å²) in [4.78, 5) is 17.1. The zero-order valence-electron chi connectivity index (χ0n) is 12.0. The van der Waals surface area contributed by atoms with Crippen LogP contribution in [0.3, 0.4) is 0 Å². The van der Waals surface area contributed by atoms with Gasteiger partial charge in [-0.1, -0.05) is 6.08 Å². The molecule has 2 aliphatic heterocycles. The Morgan fingerprint density at radius 2 is 2.00 bits per heavy atom. The van der Waals surface area contributed by atoms with Crippen molar-refractivity contribution >= 4 is 5.91 Å². The summed E-state index contributed by atoms with van der Waals surface area (Å²) in [6, 6.07) is 9.81. The molecule has 1 amide bonds.